The molecular weight excluding hydrogens is 473 g/mol. The van der Waals surface area contributed by atoms with E-state index in [-0.39, 0.29) is 11.5 Å². The van der Waals surface area contributed by atoms with Crippen LogP contribution in [0.15, 0.2) is 65.5 Å². The van der Waals surface area contributed by atoms with E-state index in [1.807, 2.05) is 0 Å². The predicted molar refractivity (Wildman–Crippen MR) is 130 cm³/mol. The first-order chi connectivity index (χ1) is 16.7. The van der Waals surface area contributed by atoms with Crippen molar-refractivity contribution in [3.63, 3.8) is 0 Å². The zero-order chi connectivity index (χ0) is 25.1. The quantitative estimate of drug-likeness (QED) is 0.443. The monoisotopic (exact) mass is 493 g/mol. The van der Waals surface area contributed by atoms with Crippen molar-refractivity contribution in [3.8, 4) is 5.69 Å². The highest BCUT2D eigenvalue weighted by molar-refractivity contribution is 6.31. The highest BCUT2D eigenvalue weighted by Gasteiger charge is 2.51. The summed E-state index contributed by atoms with van der Waals surface area (Å²) in [4.78, 5) is 39.2. The van der Waals surface area contributed by atoms with Gasteiger partial charge >= 0.3 is 11.7 Å². The van der Waals surface area contributed by atoms with Crippen molar-refractivity contribution in [2.24, 2.45) is 0 Å². The number of nitrogens with zero attached hydrogens (tertiary/aromatic N) is 3. The van der Waals surface area contributed by atoms with Crippen LogP contribution in [0, 0.1) is 5.82 Å². The Kier molecular flexibility index (Phi) is 5.29. The molecule has 3 aromatic carbocycles. The number of imidazole rings is 1. The maximum atomic E-state index is 15.3. The van der Waals surface area contributed by atoms with E-state index < -0.39 is 28.6 Å². The Balaban J connectivity index is 1.74. The number of aromatic carboxylic acids is 1. The highest BCUT2D eigenvalue weighted by Crippen LogP contribution is 2.51. The molecule has 1 aliphatic rings. The molecule has 4 aromatic rings. The van der Waals surface area contributed by atoms with Crippen LogP contribution in [0.1, 0.15) is 39.1 Å². The van der Waals surface area contributed by atoms with Crippen LogP contribution >= 0.6 is 11.6 Å². The molecule has 0 spiro atoms. The Morgan fingerprint density at radius 2 is 1.71 bits per heavy atom. The minimum atomic E-state index is -1.37. The summed E-state index contributed by atoms with van der Waals surface area (Å²) in [6.07, 6.45) is 0.954. The summed E-state index contributed by atoms with van der Waals surface area (Å²) in [5.41, 5.74) is 0.374. The molecule has 0 radical (unpaired) electrons. The minimum Gasteiger partial charge on any atom is -0.478 e. The van der Waals surface area contributed by atoms with Crippen molar-refractivity contribution in [3.05, 3.63) is 98.7 Å². The summed E-state index contributed by atoms with van der Waals surface area (Å²) in [5, 5.41) is 9.82. The van der Waals surface area contributed by atoms with E-state index in [0.717, 1.165) is 0 Å². The fourth-order valence-electron chi connectivity index (χ4n) is 4.63. The highest BCUT2D eigenvalue weighted by atomic mass is 35.5. The third-order valence-corrected chi connectivity index (χ3v) is 6.70. The fourth-order valence-corrected chi connectivity index (χ4v) is 4.80. The van der Waals surface area contributed by atoms with Gasteiger partial charge < -0.3 is 10.0 Å². The molecule has 35 heavy (non-hydrogen) atoms. The van der Waals surface area contributed by atoms with Gasteiger partial charge in [0.1, 0.15) is 5.82 Å². The van der Waals surface area contributed by atoms with E-state index in [1.54, 1.807) is 56.6 Å². The molecule has 0 bridgehead atoms. The molecule has 7 nitrogen and oxygen atoms in total. The number of rotatable bonds is 5. The molecule has 1 aromatic heterocycles. The first kappa shape index (κ1) is 22.9. The van der Waals surface area contributed by atoms with Crippen molar-refractivity contribution in [1.29, 1.82) is 0 Å². The number of aromatic nitrogens is 2. The average molecular weight is 494 g/mol. The molecule has 0 aliphatic heterocycles. The summed E-state index contributed by atoms with van der Waals surface area (Å²) >= 11 is 6.27. The Morgan fingerprint density at radius 1 is 1.03 bits per heavy atom. The molecular formula is C26H21ClFN3O4. The number of carbonyl (C=O) groups is 2. The van der Waals surface area contributed by atoms with Crippen molar-refractivity contribution in [2.75, 3.05) is 14.1 Å². The second-order valence-electron chi connectivity index (χ2n) is 8.84. The number of hydrogen-bond acceptors (Lipinski definition) is 3. The van der Waals surface area contributed by atoms with Gasteiger partial charge in [0, 0.05) is 30.2 Å². The van der Waals surface area contributed by atoms with Crippen LogP contribution in [0.5, 0.6) is 0 Å². The van der Waals surface area contributed by atoms with Crippen LogP contribution in [0.3, 0.4) is 0 Å². The summed E-state index contributed by atoms with van der Waals surface area (Å²) in [5.74, 6) is -2.38. The number of fused-ring (bicyclic) bond motifs is 1. The third-order valence-electron chi connectivity index (χ3n) is 6.46. The Hall–Kier alpha value is -3.91. The number of amides is 1. The van der Waals surface area contributed by atoms with Gasteiger partial charge in [-0.05, 0) is 61.4 Å². The molecule has 0 unspecified atom stereocenters. The smallest absolute Gasteiger partial charge is 0.338 e. The summed E-state index contributed by atoms with van der Waals surface area (Å²) < 4.78 is 18.3. The van der Waals surface area contributed by atoms with Gasteiger partial charge in [0.05, 0.1) is 27.8 Å². The second-order valence-corrected chi connectivity index (χ2v) is 9.27. The maximum Gasteiger partial charge on any atom is 0.338 e. The van der Waals surface area contributed by atoms with Crippen LogP contribution in [-0.4, -0.2) is 45.1 Å². The Labute approximate surface area is 204 Å². The number of carboxylic acid groups (broad SMARTS) is 1. The normalized spacial score (nSPS) is 14.2. The molecule has 178 valence electrons. The van der Waals surface area contributed by atoms with Crippen LogP contribution in [0.2, 0.25) is 5.02 Å². The lowest BCUT2D eigenvalue weighted by Gasteiger charge is -2.19. The third kappa shape index (κ3) is 3.52. The maximum absolute atomic E-state index is 15.3. The molecule has 1 aliphatic carbocycles. The zero-order valence-electron chi connectivity index (χ0n) is 19.0. The van der Waals surface area contributed by atoms with Gasteiger partial charge in [-0.3, -0.25) is 13.9 Å². The van der Waals surface area contributed by atoms with Gasteiger partial charge in [-0.1, -0.05) is 23.7 Å². The van der Waals surface area contributed by atoms with Crippen LogP contribution in [-0.2, 0) is 5.54 Å². The Bertz CT molecular complexity index is 1570. The van der Waals surface area contributed by atoms with Crippen molar-refractivity contribution in [1.82, 2.24) is 14.0 Å². The van der Waals surface area contributed by atoms with E-state index in [2.05, 4.69) is 0 Å². The molecule has 1 N–H and O–H groups in total. The molecule has 1 saturated carbocycles. The summed E-state index contributed by atoms with van der Waals surface area (Å²) in [7, 11) is 3.31. The van der Waals surface area contributed by atoms with Gasteiger partial charge in [0.2, 0.25) is 0 Å². The van der Waals surface area contributed by atoms with Crippen LogP contribution < -0.4 is 5.69 Å². The van der Waals surface area contributed by atoms with E-state index in [0.29, 0.717) is 40.1 Å². The lowest BCUT2D eigenvalue weighted by Crippen LogP contribution is -2.33. The van der Waals surface area contributed by atoms with Gasteiger partial charge in [-0.25, -0.2) is 14.0 Å². The second kappa shape index (κ2) is 8.09. The largest absolute Gasteiger partial charge is 0.478 e. The van der Waals surface area contributed by atoms with Crippen molar-refractivity contribution < 1.29 is 19.1 Å². The minimum absolute atomic E-state index is 0.167. The standard InChI is InChI=1S/C26H21ClFN3O4/c1-29(2)23(32)15-6-9-17(10-7-15)30-21-14-16(27)8-11-20(21)31(25(30)35)26(12-13-26)19-5-3-4-18(22(19)28)24(33)34/h3-11,14H,12-13H2,1-2H3,(H,33,34). The van der Waals surface area contributed by atoms with Gasteiger partial charge in [-0.2, -0.15) is 0 Å². The zero-order valence-corrected chi connectivity index (χ0v) is 19.7. The SMILES string of the molecule is CN(C)C(=O)c1ccc(-n2c(=O)n(C3(c4cccc(C(=O)O)c4F)CC3)c3ccc(Cl)cc32)cc1. The van der Waals surface area contributed by atoms with Gasteiger partial charge in [0.15, 0.2) is 0 Å². The topological polar surface area (TPSA) is 84.5 Å². The molecule has 1 fully saturated rings. The van der Waals surface area contributed by atoms with Crippen LogP contribution in [0.25, 0.3) is 16.7 Å². The van der Waals surface area contributed by atoms with Crippen LogP contribution in [0.4, 0.5) is 4.39 Å². The number of carbonyl (C=O) groups excluding carboxylic acids is 1. The summed E-state index contributed by atoms with van der Waals surface area (Å²) in [6, 6.07) is 15.9. The van der Waals surface area contributed by atoms with Gasteiger partial charge in [-0.15, -0.1) is 0 Å². The predicted octanol–water partition coefficient (Wildman–Crippen LogP) is 4.52. The first-order valence-electron chi connectivity index (χ1n) is 10.9. The summed E-state index contributed by atoms with van der Waals surface area (Å²) in [6.45, 7) is 0. The van der Waals surface area contributed by atoms with E-state index in [9.17, 15) is 19.5 Å². The first-order valence-corrected chi connectivity index (χ1v) is 11.3. The van der Waals surface area contributed by atoms with Crippen molar-refractivity contribution >= 4 is 34.5 Å². The van der Waals surface area contributed by atoms with Gasteiger partial charge in [0.25, 0.3) is 5.91 Å². The molecule has 5 rings (SSSR count). The van der Waals surface area contributed by atoms with E-state index in [1.165, 1.54) is 32.2 Å². The number of benzene rings is 3. The number of hydrogen-bond donors (Lipinski definition) is 1. The lowest BCUT2D eigenvalue weighted by atomic mass is 10.00. The molecule has 1 amide bonds. The average Bonchev–Trinajstić information content (AvgIpc) is 3.56. The van der Waals surface area contributed by atoms with Crippen molar-refractivity contribution in [2.45, 2.75) is 18.4 Å². The van der Waals surface area contributed by atoms with E-state index >= 15 is 4.39 Å². The lowest BCUT2D eigenvalue weighted by molar-refractivity contribution is 0.0691. The molecule has 0 atom stereocenters. The molecule has 1 heterocycles. The number of halogens is 2. The molecule has 9 heteroatoms. The molecule has 0 saturated heterocycles. The number of carboxylic acids is 1. The van der Waals surface area contributed by atoms with E-state index in [4.69, 9.17) is 11.6 Å². The fraction of sp³-hybridized carbons (Fsp3) is 0.192. The Morgan fingerprint density at radius 3 is 2.31 bits per heavy atom.